The molecule has 0 aromatic rings. The molecule has 8 nitrogen and oxygen atoms in total. The molecule has 3 N–H and O–H groups in total. The molecule has 0 saturated heterocycles. The van der Waals surface area contributed by atoms with Crippen molar-refractivity contribution in [2.24, 2.45) is 0 Å². The molecule has 60 heavy (non-hydrogen) atoms. The van der Waals surface area contributed by atoms with Gasteiger partial charge in [-0.05, 0) is 83.5 Å². The van der Waals surface area contributed by atoms with E-state index in [9.17, 15) is 19.4 Å². The van der Waals surface area contributed by atoms with Crippen LogP contribution in [-0.4, -0.2) is 73.4 Å². The number of allylic oxidation sites excluding steroid dienone is 11. The molecular weight excluding hydrogens is 768 g/mol. The van der Waals surface area contributed by atoms with Crippen molar-refractivity contribution < 1.29 is 32.9 Å². The average molecular weight is 862 g/mol. The number of hydrogen-bond acceptors (Lipinski definition) is 5. The van der Waals surface area contributed by atoms with E-state index in [1.165, 1.54) is 109 Å². The maximum absolute atomic E-state index is 12.9. The number of quaternary nitrogens is 1. The third kappa shape index (κ3) is 44.0. The Morgan fingerprint density at radius 3 is 1.45 bits per heavy atom. The summed E-state index contributed by atoms with van der Waals surface area (Å²) in [7, 11) is 1.53. The zero-order valence-corrected chi connectivity index (χ0v) is 40.3. The van der Waals surface area contributed by atoms with Gasteiger partial charge in [-0.3, -0.25) is 13.8 Å². The van der Waals surface area contributed by atoms with Crippen molar-refractivity contribution in [3.63, 3.8) is 0 Å². The largest absolute Gasteiger partial charge is 0.472 e. The summed E-state index contributed by atoms with van der Waals surface area (Å²) in [5.41, 5.74) is 0. The third-order valence-corrected chi connectivity index (χ3v) is 11.4. The second kappa shape index (κ2) is 42.3. The highest BCUT2D eigenvalue weighted by Crippen LogP contribution is 2.43. The van der Waals surface area contributed by atoms with Gasteiger partial charge in [-0.2, -0.15) is 0 Å². The molecule has 0 heterocycles. The van der Waals surface area contributed by atoms with Gasteiger partial charge >= 0.3 is 7.82 Å². The Morgan fingerprint density at radius 1 is 0.567 bits per heavy atom. The molecule has 0 radical (unpaired) electrons. The number of nitrogens with zero attached hydrogens (tertiary/aromatic N) is 1. The third-order valence-electron chi connectivity index (χ3n) is 10.4. The van der Waals surface area contributed by atoms with Gasteiger partial charge in [0.15, 0.2) is 0 Å². The number of rotatable bonds is 43. The minimum absolute atomic E-state index is 0.0486. The highest BCUT2D eigenvalue weighted by Gasteiger charge is 2.27. The van der Waals surface area contributed by atoms with E-state index in [0.29, 0.717) is 17.4 Å². The predicted octanol–water partition coefficient (Wildman–Crippen LogP) is 14.0. The lowest BCUT2D eigenvalue weighted by Crippen LogP contribution is -2.45. The van der Waals surface area contributed by atoms with Crippen LogP contribution in [-0.2, 0) is 18.4 Å². The summed E-state index contributed by atoms with van der Waals surface area (Å²) in [6, 6.07) is -0.876. The summed E-state index contributed by atoms with van der Waals surface area (Å²) in [6.07, 6.45) is 56.9. The van der Waals surface area contributed by atoms with Gasteiger partial charge in [0, 0.05) is 6.42 Å². The van der Waals surface area contributed by atoms with E-state index in [0.717, 1.165) is 64.2 Å². The number of nitrogens with one attached hydrogen (secondary N) is 1. The summed E-state index contributed by atoms with van der Waals surface area (Å²) in [4.78, 5) is 23.2. The van der Waals surface area contributed by atoms with Crippen LogP contribution >= 0.6 is 7.82 Å². The second-order valence-electron chi connectivity index (χ2n) is 17.5. The molecule has 9 heteroatoms. The molecule has 0 fully saturated rings. The van der Waals surface area contributed by atoms with Crippen LogP contribution in [0.1, 0.15) is 194 Å². The number of carbonyl (C=O) groups is 1. The molecule has 0 spiro atoms. The Morgan fingerprint density at radius 2 is 0.967 bits per heavy atom. The first kappa shape index (κ1) is 57.9. The number of aliphatic hydroxyl groups is 1. The standard InChI is InChI=1S/C51H93N2O6P/c1-6-8-10-12-14-16-18-20-22-23-24-25-26-27-28-29-31-33-35-37-39-41-43-45-51(55)52-49(48-59-60(56,57)58-47-46-53(3,4)5)50(54)44-42-40-38-36-34-32-30-21-19-17-15-13-11-9-7-2/h18-21,23-24,26-27,34,36,42,44,49-50,54H,6-17,22,25,28-33,35,37-41,43,45-48H2,1-5H3,(H-,52,55,56,57)/p+1/b20-18-,21-19+,24-23-,27-26-,36-34+,44-42+. The van der Waals surface area contributed by atoms with E-state index in [1.54, 1.807) is 6.08 Å². The van der Waals surface area contributed by atoms with E-state index < -0.39 is 20.0 Å². The van der Waals surface area contributed by atoms with E-state index in [4.69, 9.17) is 9.05 Å². The fourth-order valence-corrected chi connectivity index (χ4v) is 7.23. The lowest BCUT2D eigenvalue weighted by atomic mass is 10.1. The lowest BCUT2D eigenvalue weighted by molar-refractivity contribution is -0.870. The van der Waals surface area contributed by atoms with Gasteiger partial charge in [0.05, 0.1) is 39.9 Å². The fourth-order valence-electron chi connectivity index (χ4n) is 6.49. The zero-order valence-electron chi connectivity index (χ0n) is 39.4. The molecule has 0 aliphatic heterocycles. The molecule has 0 bridgehead atoms. The van der Waals surface area contributed by atoms with Crippen LogP contribution in [0.2, 0.25) is 0 Å². The van der Waals surface area contributed by atoms with Gasteiger partial charge in [0.2, 0.25) is 5.91 Å². The smallest absolute Gasteiger partial charge is 0.387 e. The second-order valence-corrected chi connectivity index (χ2v) is 18.9. The number of hydrogen-bond donors (Lipinski definition) is 3. The highest BCUT2D eigenvalue weighted by molar-refractivity contribution is 7.47. The van der Waals surface area contributed by atoms with Gasteiger partial charge < -0.3 is 19.8 Å². The highest BCUT2D eigenvalue weighted by atomic mass is 31.2. The Labute approximate surface area is 370 Å². The van der Waals surface area contributed by atoms with Gasteiger partial charge in [0.25, 0.3) is 0 Å². The molecule has 0 aromatic heterocycles. The zero-order chi connectivity index (χ0) is 44.3. The van der Waals surface area contributed by atoms with Crippen molar-refractivity contribution in [3.8, 4) is 0 Å². The van der Waals surface area contributed by atoms with Crippen LogP contribution in [0, 0.1) is 0 Å². The van der Waals surface area contributed by atoms with Crippen molar-refractivity contribution >= 4 is 13.7 Å². The Balaban J connectivity index is 4.41. The molecule has 1 amide bonds. The maximum atomic E-state index is 12.9. The van der Waals surface area contributed by atoms with Gasteiger partial charge in [0.1, 0.15) is 13.2 Å². The molecule has 0 aromatic carbocycles. The predicted molar refractivity (Wildman–Crippen MR) is 258 cm³/mol. The summed E-state index contributed by atoms with van der Waals surface area (Å²) in [5, 5.41) is 13.8. The van der Waals surface area contributed by atoms with E-state index in [1.807, 2.05) is 27.2 Å². The van der Waals surface area contributed by atoms with Crippen molar-refractivity contribution in [2.75, 3.05) is 40.9 Å². The number of aliphatic hydroxyl groups excluding tert-OH is 1. The number of amides is 1. The van der Waals surface area contributed by atoms with Crippen LogP contribution < -0.4 is 5.32 Å². The van der Waals surface area contributed by atoms with Gasteiger partial charge in [-0.1, -0.05) is 177 Å². The van der Waals surface area contributed by atoms with Crippen LogP contribution in [0.5, 0.6) is 0 Å². The summed E-state index contributed by atoms with van der Waals surface area (Å²) < 4.78 is 23.6. The summed E-state index contributed by atoms with van der Waals surface area (Å²) in [6.45, 7) is 4.74. The first-order valence-corrected chi connectivity index (χ1v) is 25.8. The molecule has 348 valence electrons. The van der Waals surface area contributed by atoms with Crippen LogP contribution in [0.15, 0.2) is 72.9 Å². The van der Waals surface area contributed by atoms with Crippen molar-refractivity contribution in [2.45, 2.75) is 206 Å². The summed E-state index contributed by atoms with van der Waals surface area (Å²) in [5.74, 6) is -0.202. The molecule has 3 atom stereocenters. The van der Waals surface area contributed by atoms with E-state index in [2.05, 4.69) is 79.9 Å². The molecule has 0 aliphatic carbocycles. The van der Waals surface area contributed by atoms with E-state index >= 15 is 0 Å². The first-order chi connectivity index (χ1) is 29.0. The van der Waals surface area contributed by atoms with Crippen molar-refractivity contribution in [3.05, 3.63) is 72.9 Å². The molecule has 0 rings (SSSR count). The molecule has 0 aliphatic rings. The number of phosphoric ester groups is 1. The van der Waals surface area contributed by atoms with Crippen LogP contribution in [0.4, 0.5) is 0 Å². The monoisotopic (exact) mass is 862 g/mol. The maximum Gasteiger partial charge on any atom is 0.472 e. The fraction of sp³-hybridized carbons (Fsp3) is 0.745. The topological polar surface area (TPSA) is 105 Å². The Bertz CT molecular complexity index is 1200. The van der Waals surface area contributed by atoms with Gasteiger partial charge in [-0.15, -0.1) is 0 Å². The first-order valence-electron chi connectivity index (χ1n) is 24.3. The number of unbranched alkanes of at least 4 members (excludes halogenated alkanes) is 20. The van der Waals surface area contributed by atoms with Gasteiger partial charge in [-0.25, -0.2) is 4.57 Å². The molecular formula is C51H94N2O6P+. The van der Waals surface area contributed by atoms with Crippen molar-refractivity contribution in [1.82, 2.24) is 5.32 Å². The Kier molecular flexibility index (Phi) is 40.8. The minimum atomic E-state index is -4.36. The molecule has 0 saturated carbocycles. The lowest BCUT2D eigenvalue weighted by Gasteiger charge is -2.25. The average Bonchev–Trinajstić information content (AvgIpc) is 3.20. The number of phosphoric acid groups is 1. The quantitative estimate of drug-likeness (QED) is 0.0244. The van der Waals surface area contributed by atoms with Crippen LogP contribution in [0.3, 0.4) is 0 Å². The molecule has 3 unspecified atom stereocenters. The Hall–Kier alpha value is -2.06. The van der Waals surface area contributed by atoms with Crippen molar-refractivity contribution in [1.29, 1.82) is 0 Å². The minimum Gasteiger partial charge on any atom is -0.387 e. The number of carbonyl (C=O) groups excluding carboxylic acids is 1. The normalized spacial score (nSPS) is 14.8. The van der Waals surface area contributed by atoms with Crippen LogP contribution in [0.25, 0.3) is 0 Å². The van der Waals surface area contributed by atoms with E-state index in [-0.39, 0.29) is 19.1 Å². The summed E-state index contributed by atoms with van der Waals surface area (Å²) >= 11 is 0. The number of likely N-dealkylation sites (N-methyl/N-ethyl adjacent to an activating group) is 1. The SMILES string of the molecule is CCCCCCC/C=C\C/C=C\C/C=C\CCCCCCCCCCC(=O)NC(COP(=O)(O)OCC[N+](C)(C)C)C(O)/C=C/CC/C=C/CC/C=C/CCCCCCC.